The van der Waals surface area contributed by atoms with Crippen molar-refractivity contribution in [1.29, 1.82) is 0 Å². The predicted molar refractivity (Wildman–Crippen MR) is 159 cm³/mol. The molecule has 0 radical (unpaired) electrons. The molecule has 1 amide bonds. The molecule has 1 atom stereocenters. The number of amides is 1. The largest absolute Gasteiger partial charge is 0.388 e. The van der Waals surface area contributed by atoms with Crippen LogP contribution in [0.2, 0.25) is 0 Å². The van der Waals surface area contributed by atoms with E-state index in [0.29, 0.717) is 39.1 Å². The topological polar surface area (TPSA) is 148 Å². The van der Waals surface area contributed by atoms with Gasteiger partial charge in [-0.15, -0.1) is 11.3 Å². The predicted octanol–water partition coefficient (Wildman–Crippen LogP) is 3.24. The molecule has 1 aliphatic heterocycles. The summed E-state index contributed by atoms with van der Waals surface area (Å²) in [6, 6.07) is 9.71. The van der Waals surface area contributed by atoms with E-state index in [4.69, 9.17) is 9.57 Å². The highest BCUT2D eigenvalue weighted by atomic mass is 32.2. The summed E-state index contributed by atoms with van der Waals surface area (Å²) in [6.45, 7) is 2.28. The van der Waals surface area contributed by atoms with Crippen LogP contribution in [0, 0.1) is 0 Å². The quantitative estimate of drug-likeness (QED) is 0.180. The van der Waals surface area contributed by atoms with E-state index in [9.17, 15) is 13.2 Å². The molecule has 5 rings (SSSR count). The molecule has 1 saturated heterocycles. The number of nitrogens with one attached hydrogen (secondary N) is 2. The molecule has 0 bridgehead atoms. The van der Waals surface area contributed by atoms with E-state index in [1.807, 2.05) is 31.6 Å². The third kappa shape index (κ3) is 7.23. The van der Waals surface area contributed by atoms with Crippen LogP contribution in [0.5, 0.6) is 0 Å². The molecule has 3 aromatic heterocycles. The summed E-state index contributed by atoms with van der Waals surface area (Å²) >= 11 is 2.64. The van der Waals surface area contributed by atoms with Gasteiger partial charge in [0, 0.05) is 36.8 Å². The van der Waals surface area contributed by atoms with Crippen LogP contribution in [0.3, 0.4) is 0 Å². The summed E-state index contributed by atoms with van der Waals surface area (Å²) < 4.78 is 31.2. The van der Waals surface area contributed by atoms with Crippen molar-refractivity contribution in [2.75, 3.05) is 51.0 Å². The van der Waals surface area contributed by atoms with Crippen molar-refractivity contribution in [3.8, 4) is 0 Å². The number of hydrogen-bond donors (Lipinski definition) is 2. The highest BCUT2D eigenvalue weighted by Gasteiger charge is 2.31. The van der Waals surface area contributed by atoms with Crippen molar-refractivity contribution in [2.45, 2.75) is 23.2 Å². The van der Waals surface area contributed by atoms with Gasteiger partial charge in [-0.3, -0.25) is 10.1 Å². The number of benzene rings is 1. The van der Waals surface area contributed by atoms with Crippen LogP contribution in [-0.4, -0.2) is 85.5 Å². The second-order valence-corrected chi connectivity index (χ2v) is 13.6. The smallest absolute Gasteiger partial charge is 0.280 e. The normalized spacial score (nSPS) is 15.9. The summed E-state index contributed by atoms with van der Waals surface area (Å²) in [6.07, 6.45) is 2.11. The summed E-state index contributed by atoms with van der Waals surface area (Å²) in [4.78, 5) is 35.0. The number of carbonyl (C=O) groups excluding carboxylic acids is 1. The van der Waals surface area contributed by atoms with Crippen molar-refractivity contribution in [1.82, 2.24) is 19.9 Å². The SMILES string of the molecule is CN(C)CCNc1ccc2nc(NC(=O)/C(=N/OCc3nccs3)c3ccc(S(=O)(=O)[C@H]4CCOC4)cc3)sc2n1. The first-order valence-electron chi connectivity index (χ1n) is 12.8. The van der Waals surface area contributed by atoms with E-state index in [-0.39, 0.29) is 23.8 Å². The van der Waals surface area contributed by atoms with Gasteiger partial charge >= 0.3 is 0 Å². The van der Waals surface area contributed by atoms with Crippen LogP contribution < -0.4 is 10.6 Å². The third-order valence-electron chi connectivity index (χ3n) is 6.17. The van der Waals surface area contributed by atoms with Crippen LogP contribution in [0.15, 0.2) is 58.0 Å². The highest BCUT2D eigenvalue weighted by Crippen LogP contribution is 2.26. The molecule has 0 aliphatic carbocycles. The molecular formula is C26H29N7O5S3. The van der Waals surface area contributed by atoms with Crippen molar-refractivity contribution in [3.63, 3.8) is 0 Å². The molecule has 216 valence electrons. The number of aromatic nitrogens is 3. The van der Waals surface area contributed by atoms with E-state index in [1.165, 1.54) is 34.8 Å². The lowest BCUT2D eigenvalue weighted by Gasteiger charge is -2.11. The van der Waals surface area contributed by atoms with Gasteiger partial charge in [0.1, 0.15) is 21.2 Å². The lowest BCUT2D eigenvalue weighted by atomic mass is 10.1. The first-order valence-corrected chi connectivity index (χ1v) is 16.0. The summed E-state index contributed by atoms with van der Waals surface area (Å²) in [7, 11) is 0.449. The van der Waals surface area contributed by atoms with Gasteiger partial charge in [0.15, 0.2) is 27.3 Å². The number of carbonyl (C=O) groups is 1. The number of rotatable bonds is 12. The Morgan fingerprint density at radius 2 is 2.02 bits per heavy atom. The maximum atomic E-state index is 13.4. The average molecular weight is 616 g/mol. The Morgan fingerprint density at radius 3 is 2.73 bits per heavy atom. The molecule has 4 aromatic rings. The number of anilines is 2. The van der Waals surface area contributed by atoms with E-state index in [1.54, 1.807) is 18.3 Å². The van der Waals surface area contributed by atoms with Crippen molar-refractivity contribution in [2.24, 2.45) is 5.16 Å². The number of oxime groups is 1. The highest BCUT2D eigenvalue weighted by molar-refractivity contribution is 7.92. The number of hydrogen-bond acceptors (Lipinski definition) is 13. The number of ether oxygens (including phenoxy) is 1. The van der Waals surface area contributed by atoms with Gasteiger partial charge in [0.05, 0.1) is 16.8 Å². The molecule has 0 unspecified atom stereocenters. The van der Waals surface area contributed by atoms with Crippen molar-refractivity contribution < 1.29 is 22.8 Å². The van der Waals surface area contributed by atoms with Crippen LogP contribution in [0.25, 0.3) is 10.3 Å². The molecule has 0 spiro atoms. The Kier molecular flexibility index (Phi) is 9.19. The second kappa shape index (κ2) is 13.0. The maximum Gasteiger partial charge on any atom is 0.280 e. The molecule has 2 N–H and O–H groups in total. The number of thiazole rings is 2. The lowest BCUT2D eigenvalue weighted by molar-refractivity contribution is -0.110. The van der Waals surface area contributed by atoms with Crippen molar-refractivity contribution >= 4 is 65.4 Å². The fraction of sp³-hybridized carbons (Fsp3) is 0.346. The standard InChI is InChI=1S/C26H29N7O5S3/c1-33(2)12-10-27-21-8-7-20-25(30-21)40-26(29-20)31-24(34)23(32-38-16-22-28-11-14-39-22)17-3-5-18(6-4-17)41(35,36)19-9-13-37-15-19/h3-8,11,14,19H,9-10,12-13,15-16H2,1-2H3,(H,27,30)(H,29,31,34)/b32-23+/t19-/m0/s1. The molecule has 12 nitrogen and oxygen atoms in total. The lowest BCUT2D eigenvalue weighted by Crippen LogP contribution is -2.25. The minimum absolute atomic E-state index is 0.0343. The van der Waals surface area contributed by atoms with Gasteiger partial charge in [-0.05, 0) is 44.8 Å². The fourth-order valence-electron chi connectivity index (χ4n) is 3.99. The molecule has 1 aliphatic rings. The van der Waals surface area contributed by atoms with Crippen LogP contribution >= 0.6 is 22.7 Å². The van der Waals surface area contributed by atoms with E-state index >= 15 is 0 Å². The fourth-order valence-corrected chi connectivity index (χ4v) is 6.92. The minimum Gasteiger partial charge on any atom is -0.388 e. The molecule has 1 aromatic carbocycles. The Bertz CT molecular complexity index is 1610. The van der Waals surface area contributed by atoms with Crippen LogP contribution in [0.1, 0.15) is 17.0 Å². The molecular weight excluding hydrogens is 587 g/mol. The van der Waals surface area contributed by atoms with Gasteiger partial charge < -0.3 is 19.8 Å². The Hall–Kier alpha value is -3.50. The molecule has 0 saturated carbocycles. The molecule has 1 fully saturated rings. The first-order chi connectivity index (χ1) is 19.8. The van der Waals surface area contributed by atoms with Crippen molar-refractivity contribution in [3.05, 3.63) is 58.5 Å². The molecule has 15 heteroatoms. The van der Waals surface area contributed by atoms with E-state index in [0.717, 1.165) is 18.9 Å². The first kappa shape index (κ1) is 29.0. The minimum atomic E-state index is -3.55. The Labute approximate surface area is 245 Å². The number of likely N-dealkylation sites (N-methyl/N-ethyl adjacent to an activating group) is 1. The monoisotopic (exact) mass is 615 g/mol. The Morgan fingerprint density at radius 1 is 1.20 bits per heavy atom. The van der Waals surface area contributed by atoms with E-state index in [2.05, 4.69) is 35.6 Å². The van der Waals surface area contributed by atoms with Gasteiger partial charge in [-0.1, -0.05) is 28.6 Å². The van der Waals surface area contributed by atoms with Gasteiger partial charge in [-0.2, -0.15) is 0 Å². The van der Waals surface area contributed by atoms with Crippen LogP contribution in [-0.2, 0) is 30.8 Å². The van der Waals surface area contributed by atoms with Gasteiger partial charge in [0.25, 0.3) is 5.91 Å². The number of nitrogens with zero attached hydrogens (tertiary/aromatic N) is 5. The third-order valence-corrected chi connectivity index (χ3v) is 9.98. The molecule has 41 heavy (non-hydrogen) atoms. The zero-order valence-corrected chi connectivity index (χ0v) is 24.9. The average Bonchev–Trinajstić information content (AvgIpc) is 3.73. The zero-order valence-electron chi connectivity index (χ0n) is 22.4. The summed E-state index contributed by atoms with van der Waals surface area (Å²) in [5, 5.41) is 12.4. The Balaban J connectivity index is 1.35. The summed E-state index contributed by atoms with van der Waals surface area (Å²) in [5.74, 6) is 0.158. The zero-order chi connectivity index (χ0) is 28.8. The van der Waals surface area contributed by atoms with Gasteiger partial charge in [-0.25, -0.2) is 23.4 Å². The number of pyridine rings is 1. The number of fused-ring (bicyclic) bond motifs is 1. The maximum absolute atomic E-state index is 13.4. The van der Waals surface area contributed by atoms with Gasteiger partial charge in [0.2, 0.25) is 0 Å². The second-order valence-electron chi connectivity index (χ2n) is 9.42. The summed E-state index contributed by atoms with van der Waals surface area (Å²) in [5.41, 5.74) is 0.996. The van der Waals surface area contributed by atoms with Crippen LogP contribution in [0.4, 0.5) is 10.9 Å². The number of sulfone groups is 1. The van der Waals surface area contributed by atoms with E-state index < -0.39 is 21.0 Å². The molecule has 4 heterocycles.